The summed E-state index contributed by atoms with van der Waals surface area (Å²) in [6, 6.07) is 0. The van der Waals surface area contributed by atoms with E-state index in [2.05, 4.69) is 19.2 Å². The van der Waals surface area contributed by atoms with Crippen molar-refractivity contribution < 1.29 is 9.47 Å². The van der Waals surface area contributed by atoms with E-state index in [-0.39, 0.29) is 5.60 Å². The van der Waals surface area contributed by atoms with Crippen molar-refractivity contribution in [2.45, 2.75) is 64.4 Å². The first-order valence-electron chi connectivity index (χ1n) is 8.10. The molecule has 114 valence electrons. The highest BCUT2D eigenvalue weighted by molar-refractivity contribution is 4.89. The molecule has 0 aromatic carbocycles. The Morgan fingerprint density at radius 1 is 1.11 bits per heavy atom. The average Bonchev–Trinajstić information content (AvgIpc) is 2.42. The van der Waals surface area contributed by atoms with E-state index >= 15 is 0 Å². The van der Waals surface area contributed by atoms with Crippen LogP contribution in [0.3, 0.4) is 0 Å². The first kappa shape index (κ1) is 16.9. The first-order valence-corrected chi connectivity index (χ1v) is 8.10. The summed E-state index contributed by atoms with van der Waals surface area (Å²) in [7, 11) is 1.74. The standard InChI is InChI=1S/C16H33NO2/c1-4-6-15-7-9-16(10-8-15,14-17-11-5-2)19-13-12-18-3/h15,17H,4-14H2,1-3H3. The minimum atomic E-state index is 0.0674. The largest absolute Gasteiger partial charge is 0.382 e. The lowest BCUT2D eigenvalue weighted by molar-refractivity contribution is -0.0894. The van der Waals surface area contributed by atoms with Crippen molar-refractivity contribution in [3.63, 3.8) is 0 Å². The number of rotatable bonds is 10. The Morgan fingerprint density at radius 3 is 2.42 bits per heavy atom. The summed E-state index contributed by atoms with van der Waals surface area (Å²) in [4.78, 5) is 0. The van der Waals surface area contributed by atoms with Gasteiger partial charge >= 0.3 is 0 Å². The van der Waals surface area contributed by atoms with E-state index in [1.165, 1.54) is 44.9 Å². The van der Waals surface area contributed by atoms with Crippen LogP contribution in [-0.2, 0) is 9.47 Å². The summed E-state index contributed by atoms with van der Waals surface area (Å²) in [5, 5.41) is 3.55. The highest BCUT2D eigenvalue weighted by Gasteiger charge is 2.35. The van der Waals surface area contributed by atoms with Gasteiger partial charge in [0.15, 0.2) is 0 Å². The van der Waals surface area contributed by atoms with Gasteiger partial charge in [0, 0.05) is 13.7 Å². The predicted octanol–water partition coefficient (Wildman–Crippen LogP) is 3.38. The molecule has 0 bridgehead atoms. The van der Waals surface area contributed by atoms with Gasteiger partial charge in [-0.1, -0.05) is 26.7 Å². The van der Waals surface area contributed by atoms with E-state index in [1.54, 1.807) is 7.11 Å². The van der Waals surface area contributed by atoms with Crippen molar-refractivity contribution in [1.29, 1.82) is 0 Å². The number of ether oxygens (including phenoxy) is 2. The highest BCUT2D eigenvalue weighted by atomic mass is 16.5. The molecule has 0 amide bonds. The zero-order valence-corrected chi connectivity index (χ0v) is 13.2. The van der Waals surface area contributed by atoms with Crippen LogP contribution >= 0.6 is 0 Å². The minimum absolute atomic E-state index is 0.0674. The van der Waals surface area contributed by atoms with Gasteiger partial charge in [-0.2, -0.15) is 0 Å². The fourth-order valence-corrected chi connectivity index (χ4v) is 3.11. The number of hydrogen-bond donors (Lipinski definition) is 1. The van der Waals surface area contributed by atoms with Gasteiger partial charge in [-0.25, -0.2) is 0 Å². The summed E-state index contributed by atoms with van der Waals surface area (Å²) in [6.45, 7) is 8.02. The van der Waals surface area contributed by atoms with Gasteiger partial charge in [0.25, 0.3) is 0 Å². The number of methoxy groups -OCH3 is 1. The summed E-state index contributed by atoms with van der Waals surface area (Å²) < 4.78 is 11.3. The van der Waals surface area contributed by atoms with Crippen LogP contribution in [0, 0.1) is 5.92 Å². The number of nitrogens with one attached hydrogen (secondary N) is 1. The van der Waals surface area contributed by atoms with Crippen LogP contribution in [0.25, 0.3) is 0 Å². The normalized spacial score (nSPS) is 27.6. The average molecular weight is 271 g/mol. The van der Waals surface area contributed by atoms with Gasteiger partial charge in [0.05, 0.1) is 18.8 Å². The smallest absolute Gasteiger partial charge is 0.0807 e. The van der Waals surface area contributed by atoms with Crippen LogP contribution in [0.4, 0.5) is 0 Å². The van der Waals surface area contributed by atoms with Crippen LogP contribution in [0.5, 0.6) is 0 Å². The van der Waals surface area contributed by atoms with Gasteiger partial charge < -0.3 is 14.8 Å². The second-order valence-electron chi connectivity index (χ2n) is 5.93. The Kier molecular flexibility index (Phi) is 8.67. The lowest BCUT2D eigenvalue weighted by atomic mass is 9.77. The Morgan fingerprint density at radius 2 is 1.84 bits per heavy atom. The van der Waals surface area contributed by atoms with Crippen molar-refractivity contribution in [3.05, 3.63) is 0 Å². The molecule has 0 aromatic rings. The maximum absolute atomic E-state index is 6.20. The molecule has 0 aromatic heterocycles. The van der Waals surface area contributed by atoms with E-state index in [0.717, 1.165) is 25.6 Å². The fraction of sp³-hybridized carbons (Fsp3) is 1.00. The maximum atomic E-state index is 6.20. The Hall–Kier alpha value is -0.120. The van der Waals surface area contributed by atoms with E-state index in [0.29, 0.717) is 6.61 Å². The summed E-state index contributed by atoms with van der Waals surface area (Å²) >= 11 is 0. The van der Waals surface area contributed by atoms with Crippen LogP contribution < -0.4 is 5.32 Å². The maximum Gasteiger partial charge on any atom is 0.0807 e. The quantitative estimate of drug-likeness (QED) is 0.618. The third kappa shape index (κ3) is 6.24. The molecule has 3 heteroatoms. The topological polar surface area (TPSA) is 30.5 Å². The van der Waals surface area contributed by atoms with Crippen molar-refractivity contribution in [1.82, 2.24) is 5.32 Å². The van der Waals surface area contributed by atoms with Crippen molar-refractivity contribution in [2.24, 2.45) is 5.92 Å². The summed E-state index contributed by atoms with van der Waals surface area (Å²) in [5.74, 6) is 0.926. The highest BCUT2D eigenvalue weighted by Crippen LogP contribution is 2.36. The molecule has 0 unspecified atom stereocenters. The van der Waals surface area contributed by atoms with Gasteiger partial charge in [-0.05, 0) is 44.6 Å². The monoisotopic (exact) mass is 271 g/mol. The van der Waals surface area contributed by atoms with Crippen molar-refractivity contribution >= 4 is 0 Å². The molecule has 1 rings (SSSR count). The third-order valence-corrected chi connectivity index (χ3v) is 4.28. The van der Waals surface area contributed by atoms with E-state index in [9.17, 15) is 0 Å². The van der Waals surface area contributed by atoms with Gasteiger partial charge in [-0.15, -0.1) is 0 Å². The molecule has 3 nitrogen and oxygen atoms in total. The molecular formula is C16H33NO2. The van der Waals surface area contributed by atoms with E-state index < -0.39 is 0 Å². The van der Waals surface area contributed by atoms with Crippen molar-refractivity contribution in [3.8, 4) is 0 Å². The van der Waals surface area contributed by atoms with E-state index in [4.69, 9.17) is 9.47 Å². The summed E-state index contributed by atoms with van der Waals surface area (Å²) in [6.07, 6.45) is 8.96. The van der Waals surface area contributed by atoms with Crippen LogP contribution in [0.15, 0.2) is 0 Å². The predicted molar refractivity (Wildman–Crippen MR) is 80.6 cm³/mol. The zero-order valence-electron chi connectivity index (χ0n) is 13.2. The molecule has 0 spiro atoms. The minimum Gasteiger partial charge on any atom is -0.382 e. The molecule has 1 aliphatic carbocycles. The molecule has 0 aliphatic heterocycles. The first-order chi connectivity index (χ1) is 9.26. The van der Waals surface area contributed by atoms with Crippen LogP contribution in [0.2, 0.25) is 0 Å². The second kappa shape index (κ2) is 9.73. The van der Waals surface area contributed by atoms with Gasteiger partial charge in [-0.3, -0.25) is 0 Å². The van der Waals surface area contributed by atoms with E-state index in [1.807, 2.05) is 0 Å². The molecule has 1 aliphatic rings. The molecular weight excluding hydrogens is 238 g/mol. The van der Waals surface area contributed by atoms with Crippen LogP contribution in [-0.4, -0.2) is 39.0 Å². The molecule has 1 fully saturated rings. The summed E-state index contributed by atoms with van der Waals surface area (Å²) in [5.41, 5.74) is 0.0674. The van der Waals surface area contributed by atoms with Gasteiger partial charge in [0.1, 0.15) is 0 Å². The molecule has 0 saturated heterocycles. The number of hydrogen-bond acceptors (Lipinski definition) is 3. The third-order valence-electron chi connectivity index (χ3n) is 4.28. The lowest BCUT2D eigenvalue weighted by Gasteiger charge is -2.40. The molecule has 0 heterocycles. The Balaban J connectivity index is 2.41. The zero-order chi connectivity index (χ0) is 14.0. The Bertz CT molecular complexity index is 201. The van der Waals surface area contributed by atoms with Gasteiger partial charge in [0.2, 0.25) is 0 Å². The molecule has 1 N–H and O–H groups in total. The SMILES string of the molecule is CCCNCC1(OCCOC)CCC(CCC)CC1. The molecule has 1 saturated carbocycles. The van der Waals surface area contributed by atoms with Crippen LogP contribution in [0.1, 0.15) is 58.8 Å². The molecule has 0 radical (unpaired) electrons. The lowest BCUT2D eigenvalue weighted by Crippen LogP contribution is -2.46. The fourth-order valence-electron chi connectivity index (χ4n) is 3.11. The second-order valence-corrected chi connectivity index (χ2v) is 5.93. The Labute approximate surface area is 119 Å². The molecule has 19 heavy (non-hydrogen) atoms. The molecule has 0 atom stereocenters. The van der Waals surface area contributed by atoms with Crippen molar-refractivity contribution in [2.75, 3.05) is 33.4 Å².